The van der Waals surface area contributed by atoms with Crippen LogP contribution in [0.2, 0.25) is 0 Å². The fourth-order valence-corrected chi connectivity index (χ4v) is 3.19. The van der Waals surface area contributed by atoms with E-state index >= 15 is 0 Å². The van der Waals surface area contributed by atoms with E-state index in [4.69, 9.17) is 0 Å². The molecular formula is C16H25N7O. The number of aromatic nitrogens is 5. The molecule has 3 heterocycles. The molecule has 24 heavy (non-hydrogen) atoms. The number of rotatable bonds is 5. The summed E-state index contributed by atoms with van der Waals surface area (Å²) in [5, 5.41) is 14.1. The van der Waals surface area contributed by atoms with E-state index in [9.17, 15) is 4.79 Å². The van der Waals surface area contributed by atoms with Crippen molar-refractivity contribution in [3.63, 3.8) is 0 Å². The third-order valence-corrected chi connectivity index (χ3v) is 4.69. The molecule has 0 radical (unpaired) electrons. The topological polar surface area (TPSA) is 91.7 Å². The first kappa shape index (κ1) is 16.6. The second-order valence-electron chi connectivity index (χ2n) is 6.60. The van der Waals surface area contributed by atoms with Crippen LogP contribution in [-0.2, 0) is 4.79 Å². The SMILES string of the molecule is CC(C(=O)Nc1ccnn1C(C)C)N1CCC(c2ncn[nH]2)CC1. The third kappa shape index (κ3) is 3.48. The number of H-pyrrole nitrogens is 1. The molecule has 1 saturated heterocycles. The second kappa shape index (κ2) is 7.12. The third-order valence-electron chi connectivity index (χ3n) is 4.69. The second-order valence-corrected chi connectivity index (χ2v) is 6.60. The van der Waals surface area contributed by atoms with Gasteiger partial charge >= 0.3 is 0 Å². The maximum atomic E-state index is 12.6. The minimum Gasteiger partial charge on any atom is -0.310 e. The molecule has 3 rings (SSSR count). The lowest BCUT2D eigenvalue weighted by atomic mass is 9.95. The number of likely N-dealkylation sites (tertiary alicyclic amines) is 1. The zero-order valence-corrected chi connectivity index (χ0v) is 14.4. The molecule has 2 N–H and O–H groups in total. The highest BCUT2D eigenvalue weighted by molar-refractivity contribution is 5.93. The molecule has 0 saturated carbocycles. The van der Waals surface area contributed by atoms with Crippen molar-refractivity contribution in [1.82, 2.24) is 29.9 Å². The van der Waals surface area contributed by atoms with E-state index in [1.807, 2.05) is 31.5 Å². The zero-order valence-electron chi connectivity index (χ0n) is 14.4. The first-order valence-electron chi connectivity index (χ1n) is 8.50. The molecule has 1 aliphatic rings. The molecule has 1 amide bonds. The van der Waals surface area contributed by atoms with Gasteiger partial charge in [-0.3, -0.25) is 14.8 Å². The minimum atomic E-state index is -0.170. The van der Waals surface area contributed by atoms with Crippen molar-refractivity contribution < 1.29 is 4.79 Å². The number of nitrogens with one attached hydrogen (secondary N) is 2. The highest BCUT2D eigenvalue weighted by Crippen LogP contribution is 2.26. The van der Waals surface area contributed by atoms with Crippen LogP contribution >= 0.6 is 0 Å². The van der Waals surface area contributed by atoms with Crippen LogP contribution in [-0.4, -0.2) is 54.9 Å². The Kier molecular flexibility index (Phi) is 4.94. The van der Waals surface area contributed by atoms with Gasteiger partial charge in [0.2, 0.25) is 5.91 Å². The summed E-state index contributed by atoms with van der Waals surface area (Å²) in [7, 11) is 0. The highest BCUT2D eigenvalue weighted by Gasteiger charge is 2.28. The lowest BCUT2D eigenvalue weighted by Gasteiger charge is -2.34. The molecule has 0 aliphatic carbocycles. The number of anilines is 1. The summed E-state index contributed by atoms with van der Waals surface area (Å²) < 4.78 is 1.82. The zero-order chi connectivity index (χ0) is 17.1. The molecule has 2 aromatic rings. The molecule has 8 heteroatoms. The van der Waals surface area contributed by atoms with E-state index in [1.54, 1.807) is 12.5 Å². The van der Waals surface area contributed by atoms with E-state index in [0.717, 1.165) is 37.6 Å². The van der Waals surface area contributed by atoms with Gasteiger partial charge in [-0.1, -0.05) is 0 Å². The van der Waals surface area contributed by atoms with Gasteiger partial charge in [-0.15, -0.1) is 0 Å². The number of hydrogen-bond acceptors (Lipinski definition) is 5. The Labute approximate surface area is 141 Å². The maximum absolute atomic E-state index is 12.6. The lowest BCUT2D eigenvalue weighted by Crippen LogP contribution is -2.46. The molecule has 2 aromatic heterocycles. The van der Waals surface area contributed by atoms with Gasteiger partial charge in [-0.2, -0.15) is 10.2 Å². The van der Waals surface area contributed by atoms with Crippen LogP contribution in [0.5, 0.6) is 0 Å². The predicted octanol–water partition coefficient (Wildman–Crippen LogP) is 1.79. The standard InChI is InChI=1S/C16H25N7O/c1-11(2)23-14(4-7-19-23)20-16(24)12(3)22-8-5-13(6-9-22)15-17-10-18-21-15/h4,7,10-13H,5-6,8-9H2,1-3H3,(H,20,24)(H,17,18,21). The van der Waals surface area contributed by atoms with Gasteiger partial charge in [-0.25, -0.2) is 9.67 Å². The Bertz CT molecular complexity index is 656. The maximum Gasteiger partial charge on any atom is 0.242 e. The Hall–Kier alpha value is -2.22. The molecule has 1 atom stereocenters. The number of piperidine rings is 1. The van der Waals surface area contributed by atoms with E-state index in [-0.39, 0.29) is 18.0 Å². The molecule has 0 aromatic carbocycles. The van der Waals surface area contributed by atoms with Crippen LogP contribution in [0, 0.1) is 0 Å². The highest BCUT2D eigenvalue weighted by atomic mass is 16.2. The summed E-state index contributed by atoms with van der Waals surface area (Å²) in [6.07, 6.45) is 5.23. The van der Waals surface area contributed by atoms with Crippen LogP contribution in [0.3, 0.4) is 0 Å². The summed E-state index contributed by atoms with van der Waals surface area (Å²) in [4.78, 5) is 19.0. The number of amides is 1. The summed E-state index contributed by atoms with van der Waals surface area (Å²) >= 11 is 0. The van der Waals surface area contributed by atoms with E-state index in [0.29, 0.717) is 5.92 Å². The molecule has 0 spiro atoms. The number of aromatic amines is 1. The Morgan fingerprint density at radius 2 is 2.08 bits per heavy atom. The Balaban J connectivity index is 1.56. The van der Waals surface area contributed by atoms with Gasteiger partial charge < -0.3 is 5.32 Å². The van der Waals surface area contributed by atoms with Gasteiger partial charge in [-0.05, 0) is 46.7 Å². The first-order chi connectivity index (χ1) is 11.6. The summed E-state index contributed by atoms with van der Waals surface area (Å²) in [6, 6.07) is 1.88. The minimum absolute atomic E-state index is 0.00974. The van der Waals surface area contributed by atoms with Crippen molar-refractivity contribution in [3.05, 3.63) is 24.4 Å². The average Bonchev–Trinajstić information content (AvgIpc) is 3.26. The van der Waals surface area contributed by atoms with Crippen LogP contribution in [0.1, 0.15) is 51.4 Å². The number of nitrogens with zero attached hydrogens (tertiary/aromatic N) is 5. The monoisotopic (exact) mass is 331 g/mol. The lowest BCUT2D eigenvalue weighted by molar-refractivity contribution is -0.121. The van der Waals surface area contributed by atoms with Crippen LogP contribution < -0.4 is 5.32 Å². The molecule has 130 valence electrons. The Morgan fingerprint density at radius 3 is 2.71 bits per heavy atom. The fourth-order valence-electron chi connectivity index (χ4n) is 3.19. The quantitative estimate of drug-likeness (QED) is 0.871. The van der Waals surface area contributed by atoms with Crippen molar-refractivity contribution >= 4 is 11.7 Å². The number of carbonyl (C=O) groups excluding carboxylic acids is 1. The van der Waals surface area contributed by atoms with Crippen molar-refractivity contribution in [2.45, 2.75) is 51.6 Å². The Morgan fingerprint density at radius 1 is 1.33 bits per heavy atom. The van der Waals surface area contributed by atoms with Crippen molar-refractivity contribution in [3.8, 4) is 0 Å². The molecule has 1 unspecified atom stereocenters. The van der Waals surface area contributed by atoms with Crippen molar-refractivity contribution in [2.24, 2.45) is 0 Å². The molecule has 1 fully saturated rings. The van der Waals surface area contributed by atoms with Crippen LogP contribution in [0.25, 0.3) is 0 Å². The summed E-state index contributed by atoms with van der Waals surface area (Å²) in [6.45, 7) is 7.80. The van der Waals surface area contributed by atoms with Crippen LogP contribution in [0.4, 0.5) is 5.82 Å². The molecular weight excluding hydrogens is 306 g/mol. The molecule has 8 nitrogen and oxygen atoms in total. The molecule has 1 aliphatic heterocycles. The predicted molar refractivity (Wildman–Crippen MR) is 90.6 cm³/mol. The van der Waals surface area contributed by atoms with Gasteiger partial charge in [0, 0.05) is 18.0 Å². The first-order valence-corrected chi connectivity index (χ1v) is 8.50. The smallest absolute Gasteiger partial charge is 0.242 e. The summed E-state index contributed by atoms with van der Waals surface area (Å²) in [5.74, 6) is 2.11. The van der Waals surface area contributed by atoms with Gasteiger partial charge in [0.1, 0.15) is 18.0 Å². The van der Waals surface area contributed by atoms with Crippen LogP contribution in [0.15, 0.2) is 18.6 Å². The largest absolute Gasteiger partial charge is 0.310 e. The number of carbonyl (C=O) groups is 1. The summed E-state index contributed by atoms with van der Waals surface area (Å²) in [5.41, 5.74) is 0. The number of hydrogen-bond donors (Lipinski definition) is 2. The van der Waals surface area contributed by atoms with Gasteiger partial charge in [0.05, 0.1) is 12.2 Å². The molecule has 0 bridgehead atoms. The fraction of sp³-hybridized carbons (Fsp3) is 0.625. The van der Waals surface area contributed by atoms with Crippen molar-refractivity contribution in [1.29, 1.82) is 0 Å². The van der Waals surface area contributed by atoms with E-state index in [1.165, 1.54) is 0 Å². The van der Waals surface area contributed by atoms with Crippen molar-refractivity contribution in [2.75, 3.05) is 18.4 Å². The van der Waals surface area contributed by atoms with E-state index < -0.39 is 0 Å². The average molecular weight is 331 g/mol. The van der Waals surface area contributed by atoms with Gasteiger partial charge in [0.25, 0.3) is 0 Å². The van der Waals surface area contributed by atoms with Gasteiger partial charge in [0.15, 0.2) is 0 Å². The normalized spacial score (nSPS) is 18.0. The van der Waals surface area contributed by atoms with E-state index in [2.05, 4.69) is 30.5 Å².